The summed E-state index contributed by atoms with van der Waals surface area (Å²) in [6.07, 6.45) is 0.893. The van der Waals surface area contributed by atoms with E-state index in [4.69, 9.17) is 0 Å². The number of aryl methyl sites for hydroxylation is 1. The standard InChI is InChI=1S/C18H18N2O3S2/c1-2-12-20-15-10-6-7-11-16(15)24-18(20)19-17(21)13-25(22,23)14-8-4-3-5-9-14/h3-11H,2,12-13H2,1H3. The molecule has 0 bridgehead atoms. The summed E-state index contributed by atoms with van der Waals surface area (Å²) in [6.45, 7) is 2.77. The van der Waals surface area contributed by atoms with Crippen LogP contribution in [0.1, 0.15) is 13.3 Å². The summed E-state index contributed by atoms with van der Waals surface area (Å²) in [6, 6.07) is 15.8. The SMILES string of the molecule is CCCn1c(=NC(=O)CS(=O)(=O)c2ccccc2)sc2ccccc21. The van der Waals surface area contributed by atoms with Crippen molar-refractivity contribution in [1.82, 2.24) is 4.57 Å². The van der Waals surface area contributed by atoms with Crippen LogP contribution in [0.5, 0.6) is 0 Å². The molecule has 1 amide bonds. The fraction of sp³-hybridized carbons (Fsp3) is 0.222. The first-order valence-corrected chi connectivity index (χ1v) is 10.4. The summed E-state index contributed by atoms with van der Waals surface area (Å²) in [5.74, 6) is -1.28. The van der Waals surface area contributed by atoms with E-state index in [1.165, 1.54) is 23.5 Å². The van der Waals surface area contributed by atoms with Gasteiger partial charge in [0.25, 0.3) is 5.91 Å². The van der Waals surface area contributed by atoms with Crippen LogP contribution >= 0.6 is 11.3 Å². The second-order valence-corrected chi connectivity index (χ2v) is 8.58. The number of nitrogens with zero attached hydrogens (tertiary/aromatic N) is 2. The van der Waals surface area contributed by atoms with Gasteiger partial charge in [-0.1, -0.05) is 48.6 Å². The van der Waals surface area contributed by atoms with E-state index in [1.54, 1.807) is 18.2 Å². The van der Waals surface area contributed by atoms with Crippen molar-refractivity contribution < 1.29 is 13.2 Å². The van der Waals surface area contributed by atoms with Crippen molar-refractivity contribution in [3.8, 4) is 0 Å². The van der Waals surface area contributed by atoms with Crippen LogP contribution in [0.4, 0.5) is 0 Å². The Morgan fingerprint density at radius 2 is 1.76 bits per heavy atom. The molecule has 0 radical (unpaired) electrons. The van der Waals surface area contributed by atoms with Crippen molar-refractivity contribution in [2.45, 2.75) is 24.8 Å². The third-order valence-corrected chi connectivity index (χ3v) is 6.35. The normalized spacial score (nSPS) is 12.6. The number of carbonyl (C=O) groups is 1. The van der Waals surface area contributed by atoms with Crippen LogP contribution in [0.25, 0.3) is 10.2 Å². The average Bonchev–Trinajstić information content (AvgIpc) is 2.93. The molecule has 0 aliphatic rings. The highest BCUT2D eigenvalue weighted by molar-refractivity contribution is 7.92. The predicted molar refractivity (Wildman–Crippen MR) is 99.2 cm³/mol. The van der Waals surface area contributed by atoms with Gasteiger partial charge < -0.3 is 4.57 Å². The summed E-state index contributed by atoms with van der Waals surface area (Å²) >= 11 is 1.39. The van der Waals surface area contributed by atoms with Gasteiger partial charge in [0.1, 0.15) is 5.75 Å². The zero-order valence-corrected chi connectivity index (χ0v) is 15.4. The van der Waals surface area contributed by atoms with E-state index in [0.29, 0.717) is 4.80 Å². The molecule has 0 spiro atoms. The first-order valence-electron chi connectivity index (χ1n) is 7.95. The zero-order chi connectivity index (χ0) is 17.9. The van der Waals surface area contributed by atoms with Gasteiger partial charge in [-0.25, -0.2) is 8.42 Å². The molecule has 25 heavy (non-hydrogen) atoms. The number of thiazole rings is 1. The van der Waals surface area contributed by atoms with E-state index >= 15 is 0 Å². The minimum Gasteiger partial charge on any atom is -0.316 e. The summed E-state index contributed by atoms with van der Waals surface area (Å²) < 4.78 is 27.6. The fourth-order valence-electron chi connectivity index (χ4n) is 2.56. The maximum Gasteiger partial charge on any atom is 0.263 e. The molecule has 130 valence electrons. The Hall–Kier alpha value is -2.25. The minimum atomic E-state index is -3.68. The molecular formula is C18H18N2O3S2. The molecule has 3 aromatic rings. The van der Waals surface area contributed by atoms with Crippen LogP contribution in [-0.2, 0) is 21.2 Å². The number of hydrogen-bond acceptors (Lipinski definition) is 4. The van der Waals surface area contributed by atoms with Crippen LogP contribution in [-0.4, -0.2) is 24.6 Å². The van der Waals surface area contributed by atoms with Gasteiger partial charge in [-0.15, -0.1) is 0 Å². The van der Waals surface area contributed by atoms with Crippen LogP contribution in [0.3, 0.4) is 0 Å². The van der Waals surface area contributed by atoms with Crippen molar-refractivity contribution in [1.29, 1.82) is 0 Å². The van der Waals surface area contributed by atoms with Gasteiger partial charge in [0.05, 0.1) is 15.1 Å². The number of benzene rings is 2. The predicted octanol–water partition coefficient (Wildman–Crippen LogP) is 3.01. The second-order valence-electron chi connectivity index (χ2n) is 5.58. The molecule has 7 heteroatoms. The van der Waals surface area contributed by atoms with Crippen molar-refractivity contribution in [3.05, 3.63) is 59.4 Å². The highest BCUT2D eigenvalue weighted by atomic mass is 32.2. The molecule has 1 aromatic heterocycles. The van der Waals surface area contributed by atoms with Crippen LogP contribution in [0.15, 0.2) is 64.5 Å². The van der Waals surface area contributed by atoms with Crippen LogP contribution in [0, 0.1) is 0 Å². The van der Waals surface area contributed by atoms with Gasteiger partial charge >= 0.3 is 0 Å². The molecule has 3 rings (SSSR count). The maximum absolute atomic E-state index is 12.3. The molecule has 2 aromatic carbocycles. The molecule has 0 unspecified atom stereocenters. The van der Waals surface area contributed by atoms with E-state index < -0.39 is 21.5 Å². The van der Waals surface area contributed by atoms with E-state index in [-0.39, 0.29) is 4.90 Å². The van der Waals surface area contributed by atoms with Crippen LogP contribution < -0.4 is 4.80 Å². The zero-order valence-electron chi connectivity index (χ0n) is 13.8. The Balaban J connectivity index is 1.96. The lowest BCUT2D eigenvalue weighted by Gasteiger charge is -2.03. The van der Waals surface area contributed by atoms with Gasteiger partial charge in [0.2, 0.25) is 0 Å². The third kappa shape index (κ3) is 3.88. The highest BCUT2D eigenvalue weighted by Crippen LogP contribution is 2.17. The van der Waals surface area contributed by atoms with Crippen molar-refractivity contribution >= 4 is 37.3 Å². The molecule has 0 fully saturated rings. The third-order valence-electron chi connectivity index (χ3n) is 3.67. The molecule has 1 heterocycles. The number of rotatable bonds is 5. The number of hydrogen-bond donors (Lipinski definition) is 0. The number of aromatic nitrogens is 1. The highest BCUT2D eigenvalue weighted by Gasteiger charge is 2.19. The monoisotopic (exact) mass is 374 g/mol. The van der Waals surface area contributed by atoms with Crippen LogP contribution in [0.2, 0.25) is 0 Å². The van der Waals surface area contributed by atoms with E-state index in [1.807, 2.05) is 35.8 Å². The Kier molecular flexibility index (Phi) is 5.15. The second kappa shape index (κ2) is 7.33. The molecule has 5 nitrogen and oxygen atoms in total. The summed E-state index contributed by atoms with van der Waals surface area (Å²) in [5.41, 5.74) is 1.01. The average molecular weight is 374 g/mol. The number of amides is 1. The minimum absolute atomic E-state index is 0.135. The summed E-state index contributed by atoms with van der Waals surface area (Å²) in [7, 11) is -3.68. The first kappa shape index (κ1) is 17.6. The van der Waals surface area contributed by atoms with E-state index in [0.717, 1.165) is 23.2 Å². The maximum atomic E-state index is 12.3. The topological polar surface area (TPSA) is 68.5 Å². The van der Waals surface area contributed by atoms with Gasteiger partial charge in [-0.2, -0.15) is 4.99 Å². The Morgan fingerprint density at radius 1 is 1.08 bits per heavy atom. The summed E-state index contributed by atoms with van der Waals surface area (Å²) in [4.78, 5) is 17.0. The lowest BCUT2D eigenvalue weighted by Crippen LogP contribution is -2.21. The number of para-hydroxylation sites is 1. The van der Waals surface area contributed by atoms with Gasteiger partial charge in [-0.05, 0) is 30.7 Å². The fourth-order valence-corrected chi connectivity index (χ4v) is 4.76. The van der Waals surface area contributed by atoms with Crippen molar-refractivity contribution in [2.24, 2.45) is 4.99 Å². The molecular weight excluding hydrogens is 356 g/mol. The molecule has 0 saturated heterocycles. The van der Waals surface area contributed by atoms with Crippen molar-refractivity contribution in [2.75, 3.05) is 5.75 Å². The largest absolute Gasteiger partial charge is 0.316 e. The molecule has 0 saturated carbocycles. The number of carbonyl (C=O) groups excluding carboxylic acids is 1. The lowest BCUT2D eigenvalue weighted by molar-refractivity contribution is -0.115. The number of sulfone groups is 1. The molecule has 0 aliphatic carbocycles. The van der Waals surface area contributed by atoms with E-state index in [2.05, 4.69) is 4.99 Å². The van der Waals surface area contributed by atoms with Gasteiger partial charge in [0.15, 0.2) is 14.6 Å². The molecule has 0 N–H and O–H groups in total. The summed E-state index contributed by atoms with van der Waals surface area (Å²) in [5, 5.41) is 0. The number of fused-ring (bicyclic) bond motifs is 1. The Labute approximate surface area is 150 Å². The Bertz CT molecular complexity index is 1060. The van der Waals surface area contributed by atoms with Gasteiger partial charge in [-0.3, -0.25) is 4.79 Å². The lowest BCUT2D eigenvalue weighted by atomic mass is 10.3. The van der Waals surface area contributed by atoms with Crippen molar-refractivity contribution in [3.63, 3.8) is 0 Å². The Morgan fingerprint density at radius 3 is 2.48 bits per heavy atom. The van der Waals surface area contributed by atoms with E-state index in [9.17, 15) is 13.2 Å². The van der Waals surface area contributed by atoms with Gasteiger partial charge in [0, 0.05) is 6.54 Å². The smallest absolute Gasteiger partial charge is 0.263 e. The molecule has 0 atom stereocenters. The quantitative estimate of drug-likeness (QED) is 0.689. The first-order chi connectivity index (χ1) is 12.0. The molecule has 0 aliphatic heterocycles.